The van der Waals surface area contributed by atoms with Crippen LogP contribution in [0.15, 0.2) is 6.20 Å². The molecular formula is C14H25BrN2O2. The van der Waals surface area contributed by atoms with Crippen LogP contribution in [-0.4, -0.2) is 17.6 Å². The number of hydrogen-bond acceptors (Lipinski definition) is 2. The molecule has 0 bridgehead atoms. The highest BCUT2D eigenvalue weighted by Crippen LogP contribution is 2.09. The molecule has 0 spiro atoms. The number of nitrogens with zero attached hydrogens (tertiary/aromatic N) is 2. The van der Waals surface area contributed by atoms with Gasteiger partial charge in [-0.1, -0.05) is 13.3 Å². The minimum atomic E-state index is -0.142. The Morgan fingerprint density at radius 2 is 2.11 bits per heavy atom. The van der Waals surface area contributed by atoms with Gasteiger partial charge in [0.15, 0.2) is 0 Å². The first-order valence-electron chi connectivity index (χ1n) is 6.71. The summed E-state index contributed by atoms with van der Waals surface area (Å²) in [5.41, 5.74) is 1.22. The van der Waals surface area contributed by atoms with Gasteiger partial charge in [-0.2, -0.15) is 0 Å². The standard InChI is InChI=1S/C14H25N2O2.BrH/c1-5-6-7-10-16-12(2)15(3)11-13(16)8-9-14(17)18-4;/h11H,5-10H2,1-4H3;1H/q+1;/p-1. The first-order chi connectivity index (χ1) is 8.60. The molecule has 1 heterocycles. The van der Waals surface area contributed by atoms with Crippen molar-refractivity contribution >= 4 is 5.97 Å². The van der Waals surface area contributed by atoms with E-state index in [0.29, 0.717) is 6.42 Å². The predicted octanol–water partition coefficient (Wildman–Crippen LogP) is -1.08. The highest BCUT2D eigenvalue weighted by Gasteiger charge is 2.17. The second-order valence-corrected chi connectivity index (χ2v) is 4.71. The summed E-state index contributed by atoms with van der Waals surface area (Å²) in [5.74, 6) is 1.10. The topological polar surface area (TPSA) is 35.1 Å². The molecule has 0 saturated carbocycles. The normalized spacial score (nSPS) is 10.1. The minimum absolute atomic E-state index is 0. The number of carbonyl (C=O) groups is 1. The van der Waals surface area contributed by atoms with Gasteiger partial charge in [0.2, 0.25) is 0 Å². The van der Waals surface area contributed by atoms with Gasteiger partial charge >= 0.3 is 5.97 Å². The molecule has 110 valence electrons. The third-order valence-electron chi connectivity index (χ3n) is 3.39. The number of ether oxygens (including phenoxy) is 1. The van der Waals surface area contributed by atoms with Gasteiger partial charge in [-0.3, -0.25) is 4.79 Å². The molecule has 1 aromatic rings. The fourth-order valence-electron chi connectivity index (χ4n) is 2.14. The molecule has 0 aliphatic heterocycles. The van der Waals surface area contributed by atoms with Crippen molar-refractivity contribution in [2.45, 2.75) is 52.5 Å². The van der Waals surface area contributed by atoms with Crippen molar-refractivity contribution in [1.82, 2.24) is 4.57 Å². The third-order valence-corrected chi connectivity index (χ3v) is 3.39. The lowest BCUT2D eigenvalue weighted by Crippen LogP contribution is -3.00. The van der Waals surface area contributed by atoms with Gasteiger partial charge in [-0.15, -0.1) is 0 Å². The molecule has 0 fully saturated rings. The van der Waals surface area contributed by atoms with Gasteiger partial charge in [0, 0.05) is 13.3 Å². The number of aromatic nitrogens is 2. The fourth-order valence-corrected chi connectivity index (χ4v) is 2.14. The summed E-state index contributed by atoms with van der Waals surface area (Å²) in [4.78, 5) is 11.2. The fraction of sp³-hybridized carbons (Fsp3) is 0.714. The molecule has 0 radical (unpaired) electrons. The van der Waals surface area contributed by atoms with Gasteiger partial charge in [-0.05, 0) is 12.8 Å². The van der Waals surface area contributed by atoms with Gasteiger partial charge < -0.3 is 21.7 Å². The summed E-state index contributed by atoms with van der Waals surface area (Å²) < 4.78 is 9.13. The Balaban J connectivity index is 0.00000324. The number of imidazole rings is 1. The molecule has 4 nitrogen and oxygen atoms in total. The van der Waals surface area contributed by atoms with E-state index < -0.39 is 0 Å². The largest absolute Gasteiger partial charge is 1.00 e. The molecule has 0 aliphatic rings. The lowest BCUT2D eigenvalue weighted by atomic mass is 10.2. The molecule has 19 heavy (non-hydrogen) atoms. The second kappa shape index (κ2) is 9.13. The smallest absolute Gasteiger partial charge is 0.305 e. The molecule has 0 unspecified atom stereocenters. The molecule has 0 atom stereocenters. The van der Waals surface area contributed by atoms with Gasteiger partial charge in [0.1, 0.15) is 11.9 Å². The maximum Gasteiger partial charge on any atom is 0.305 e. The number of methoxy groups -OCH3 is 1. The Kier molecular flexibility index (Phi) is 8.72. The Morgan fingerprint density at radius 3 is 2.68 bits per heavy atom. The molecule has 5 heteroatoms. The zero-order chi connectivity index (χ0) is 13.5. The molecule has 0 saturated heterocycles. The quantitative estimate of drug-likeness (QED) is 0.362. The van der Waals surface area contributed by atoms with Crippen LogP contribution in [0.1, 0.15) is 44.1 Å². The Bertz CT molecular complexity index is 402. The van der Waals surface area contributed by atoms with Crippen LogP contribution in [0.2, 0.25) is 0 Å². The van der Waals surface area contributed by atoms with Crippen molar-refractivity contribution in [2.75, 3.05) is 7.11 Å². The van der Waals surface area contributed by atoms with E-state index in [2.05, 4.69) is 29.2 Å². The van der Waals surface area contributed by atoms with Crippen LogP contribution >= 0.6 is 0 Å². The summed E-state index contributed by atoms with van der Waals surface area (Å²) in [6, 6.07) is 0. The number of halogens is 1. The maximum absolute atomic E-state index is 11.2. The van der Waals surface area contributed by atoms with Crippen molar-refractivity contribution in [3.05, 3.63) is 17.7 Å². The van der Waals surface area contributed by atoms with E-state index in [1.807, 2.05) is 7.05 Å². The van der Waals surface area contributed by atoms with E-state index in [1.54, 1.807) is 0 Å². The third kappa shape index (κ3) is 5.35. The summed E-state index contributed by atoms with van der Waals surface area (Å²) in [7, 11) is 3.49. The molecule has 1 rings (SSSR count). The van der Waals surface area contributed by atoms with E-state index in [0.717, 1.165) is 13.0 Å². The van der Waals surface area contributed by atoms with E-state index in [-0.39, 0.29) is 23.0 Å². The zero-order valence-electron chi connectivity index (χ0n) is 12.4. The number of carbonyl (C=O) groups excluding carboxylic acids is 1. The zero-order valence-corrected chi connectivity index (χ0v) is 14.0. The van der Waals surface area contributed by atoms with E-state index in [1.165, 1.54) is 37.9 Å². The molecule has 0 amide bonds. The minimum Gasteiger partial charge on any atom is -1.00 e. The first-order valence-corrected chi connectivity index (χ1v) is 6.71. The Hall–Kier alpha value is -0.840. The number of esters is 1. The van der Waals surface area contributed by atoms with Crippen LogP contribution in [0.5, 0.6) is 0 Å². The van der Waals surface area contributed by atoms with Crippen LogP contribution in [0.4, 0.5) is 0 Å². The van der Waals surface area contributed by atoms with Crippen molar-refractivity contribution in [2.24, 2.45) is 7.05 Å². The van der Waals surface area contributed by atoms with Crippen molar-refractivity contribution < 1.29 is 31.1 Å². The van der Waals surface area contributed by atoms with E-state index in [4.69, 9.17) is 4.74 Å². The van der Waals surface area contributed by atoms with Crippen LogP contribution in [0.25, 0.3) is 0 Å². The van der Waals surface area contributed by atoms with Gasteiger partial charge in [0.05, 0.1) is 27.1 Å². The second-order valence-electron chi connectivity index (χ2n) is 4.71. The first kappa shape index (κ1) is 18.2. The lowest BCUT2D eigenvalue weighted by molar-refractivity contribution is -0.677. The van der Waals surface area contributed by atoms with Crippen LogP contribution < -0.4 is 21.5 Å². The molecular weight excluding hydrogens is 308 g/mol. The van der Waals surface area contributed by atoms with Gasteiger partial charge in [0.25, 0.3) is 5.82 Å². The number of hydrogen-bond donors (Lipinski definition) is 0. The van der Waals surface area contributed by atoms with E-state index in [9.17, 15) is 4.79 Å². The molecule has 0 aromatic carbocycles. The van der Waals surface area contributed by atoms with E-state index >= 15 is 0 Å². The number of unbranched alkanes of at least 4 members (excludes halogenated alkanes) is 2. The lowest BCUT2D eigenvalue weighted by Gasteiger charge is -2.03. The van der Waals surface area contributed by atoms with Crippen LogP contribution in [0.3, 0.4) is 0 Å². The average Bonchev–Trinajstić information content (AvgIpc) is 2.63. The van der Waals surface area contributed by atoms with Crippen LogP contribution in [-0.2, 0) is 29.5 Å². The number of rotatable bonds is 7. The SMILES string of the molecule is CCCCCn1c(CCC(=O)OC)c[n+](C)c1C.[Br-]. The Morgan fingerprint density at radius 1 is 1.42 bits per heavy atom. The molecule has 0 N–H and O–H groups in total. The van der Waals surface area contributed by atoms with Crippen molar-refractivity contribution in [3.8, 4) is 0 Å². The van der Waals surface area contributed by atoms with Crippen molar-refractivity contribution in [1.29, 1.82) is 0 Å². The summed E-state index contributed by atoms with van der Waals surface area (Å²) in [5, 5.41) is 0. The summed E-state index contributed by atoms with van der Waals surface area (Å²) >= 11 is 0. The maximum atomic E-state index is 11.2. The molecule has 0 aliphatic carbocycles. The summed E-state index contributed by atoms with van der Waals surface area (Å²) in [6.07, 6.45) is 6.98. The average molecular weight is 333 g/mol. The highest BCUT2D eigenvalue weighted by atomic mass is 79.9. The molecule has 1 aromatic heterocycles. The monoisotopic (exact) mass is 332 g/mol. The highest BCUT2D eigenvalue weighted by molar-refractivity contribution is 5.69. The summed E-state index contributed by atoms with van der Waals surface area (Å²) in [6.45, 7) is 5.37. The van der Waals surface area contributed by atoms with Crippen molar-refractivity contribution in [3.63, 3.8) is 0 Å². The Labute approximate surface area is 126 Å². The van der Waals surface area contributed by atoms with Crippen LogP contribution in [0, 0.1) is 6.92 Å². The number of aryl methyl sites for hydroxylation is 2. The predicted molar refractivity (Wildman–Crippen MR) is 70.2 cm³/mol. The van der Waals surface area contributed by atoms with Gasteiger partial charge in [-0.25, -0.2) is 9.13 Å².